The summed E-state index contributed by atoms with van der Waals surface area (Å²) in [7, 11) is 0. The highest BCUT2D eigenvalue weighted by Crippen LogP contribution is 2.36. The first-order valence-electron chi connectivity index (χ1n) is 12.3. The van der Waals surface area contributed by atoms with Crippen LogP contribution < -0.4 is 15.0 Å². The lowest BCUT2D eigenvalue weighted by molar-refractivity contribution is -0.128. The third-order valence-electron chi connectivity index (χ3n) is 5.42. The zero-order valence-corrected chi connectivity index (χ0v) is 22.4. The largest absolute Gasteiger partial charge is 0.492 e. The third-order valence-corrected chi connectivity index (χ3v) is 5.42. The summed E-state index contributed by atoms with van der Waals surface area (Å²) in [6, 6.07) is 12.9. The standard InChI is InChI=1S/C27H32N6O5/c1-7-36-20-11-9-8-10-19(20)33(24(21-14-12-17(2)37-21)26(35)28-27(4,5)6)23(34)16-32-30-25(29-31-32)22-15-13-18(3)38-22/h8-15,24H,7,16H2,1-6H3,(H,28,35). The van der Waals surface area contributed by atoms with Crippen molar-refractivity contribution in [1.29, 1.82) is 0 Å². The molecule has 0 saturated heterocycles. The van der Waals surface area contributed by atoms with Gasteiger partial charge in [-0.15, -0.1) is 10.2 Å². The molecule has 2 amide bonds. The number of anilines is 1. The van der Waals surface area contributed by atoms with Crippen molar-refractivity contribution >= 4 is 17.5 Å². The Morgan fingerprint density at radius 3 is 2.39 bits per heavy atom. The first-order valence-corrected chi connectivity index (χ1v) is 12.3. The molecule has 38 heavy (non-hydrogen) atoms. The van der Waals surface area contributed by atoms with Gasteiger partial charge in [-0.05, 0) is 83.2 Å². The molecule has 1 unspecified atom stereocenters. The maximum atomic E-state index is 14.0. The van der Waals surface area contributed by atoms with E-state index in [-0.39, 0.29) is 12.4 Å². The van der Waals surface area contributed by atoms with Crippen LogP contribution in [0.15, 0.2) is 57.4 Å². The summed E-state index contributed by atoms with van der Waals surface area (Å²) in [5, 5.41) is 15.3. The van der Waals surface area contributed by atoms with Gasteiger partial charge in [0, 0.05) is 5.54 Å². The predicted molar refractivity (Wildman–Crippen MR) is 139 cm³/mol. The molecular weight excluding hydrogens is 488 g/mol. The maximum Gasteiger partial charge on any atom is 0.251 e. The molecule has 1 aromatic carbocycles. The Hall–Kier alpha value is -4.41. The molecule has 0 aliphatic heterocycles. The first-order chi connectivity index (χ1) is 18.1. The Balaban J connectivity index is 1.77. The Labute approximate surface area is 220 Å². The number of ether oxygens (including phenoxy) is 1. The fraction of sp³-hybridized carbons (Fsp3) is 0.370. The van der Waals surface area contributed by atoms with E-state index in [4.69, 9.17) is 13.6 Å². The normalized spacial score (nSPS) is 12.3. The number of benzene rings is 1. The van der Waals surface area contributed by atoms with Gasteiger partial charge in [0.25, 0.3) is 11.8 Å². The molecule has 3 heterocycles. The number of hydrogen-bond donors (Lipinski definition) is 1. The molecule has 0 spiro atoms. The van der Waals surface area contributed by atoms with Crippen LogP contribution in [0.2, 0.25) is 0 Å². The van der Waals surface area contributed by atoms with Gasteiger partial charge in [0.2, 0.25) is 5.82 Å². The van der Waals surface area contributed by atoms with Crippen molar-refractivity contribution in [1.82, 2.24) is 25.5 Å². The van der Waals surface area contributed by atoms with E-state index in [9.17, 15) is 9.59 Å². The molecule has 0 bridgehead atoms. The number of hydrogen-bond acceptors (Lipinski definition) is 8. The second-order valence-corrected chi connectivity index (χ2v) is 9.81. The van der Waals surface area contributed by atoms with Crippen LogP contribution >= 0.6 is 0 Å². The average Bonchev–Trinajstić information content (AvgIpc) is 3.58. The first kappa shape index (κ1) is 26.6. The molecule has 3 aromatic heterocycles. The van der Waals surface area contributed by atoms with E-state index < -0.39 is 23.4 Å². The molecule has 0 saturated carbocycles. The van der Waals surface area contributed by atoms with E-state index in [1.54, 1.807) is 55.5 Å². The molecule has 11 heteroatoms. The van der Waals surface area contributed by atoms with Crippen LogP contribution in [0.4, 0.5) is 5.69 Å². The van der Waals surface area contributed by atoms with Gasteiger partial charge in [-0.1, -0.05) is 12.1 Å². The number of nitrogens with zero attached hydrogens (tertiary/aromatic N) is 5. The van der Waals surface area contributed by atoms with Gasteiger partial charge >= 0.3 is 0 Å². The fourth-order valence-electron chi connectivity index (χ4n) is 3.92. The van der Waals surface area contributed by atoms with E-state index in [2.05, 4.69) is 20.7 Å². The highest BCUT2D eigenvalue weighted by Gasteiger charge is 2.38. The van der Waals surface area contributed by atoms with Crippen molar-refractivity contribution in [3.05, 3.63) is 65.8 Å². The molecule has 1 N–H and O–H groups in total. The van der Waals surface area contributed by atoms with Crippen molar-refractivity contribution in [3.63, 3.8) is 0 Å². The molecular formula is C27H32N6O5. The van der Waals surface area contributed by atoms with Gasteiger partial charge in [0.15, 0.2) is 11.8 Å². The van der Waals surface area contributed by atoms with Crippen LogP contribution in [0.1, 0.15) is 51.0 Å². The maximum absolute atomic E-state index is 14.0. The van der Waals surface area contributed by atoms with Crippen molar-refractivity contribution in [2.24, 2.45) is 0 Å². The molecule has 0 aliphatic carbocycles. The van der Waals surface area contributed by atoms with Crippen LogP contribution in [0.3, 0.4) is 0 Å². The summed E-state index contributed by atoms with van der Waals surface area (Å²) in [5.74, 6) is 1.86. The van der Waals surface area contributed by atoms with Crippen LogP contribution in [0.25, 0.3) is 11.6 Å². The molecule has 1 atom stereocenters. The summed E-state index contributed by atoms with van der Waals surface area (Å²) < 4.78 is 17.3. The fourth-order valence-corrected chi connectivity index (χ4v) is 3.92. The Kier molecular flexibility index (Phi) is 7.65. The topological polar surface area (TPSA) is 129 Å². The number of carbonyl (C=O) groups excluding carboxylic acids is 2. The van der Waals surface area contributed by atoms with Gasteiger partial charge in [-0.3, -0.25) is 14.5 Å². The van der Waals surface area contributed by atoms with Crippen molar-refractivity contribution in [2.75, 3.05) is 11.5 Å². The summed E-state index contributed by atoms with van der Waals surface area (Å²) in [5.41, 5.74) is -0.154. The molecule has 4 aromatic rings. The lowest BCUT2D eigenvalue weighted by Crippen LogP contribution is -2.50. The smallest absolute Gasteiger partial charge is 0.251 e. The van der Waals surface area contributed by atoms with Crippen molar-refractivity contribution < 1.29 is 23.2 Å². The zero-order valence-electron chi connectivity index (χ0n) is 22.4. The molecule has 0 fully saturated rings. The second-order valence-electron chi connectivity index (χ2n) is 9.81. The van der Waals surface area contributed by atoms with Gasteiger partial charge in [-0.25, -0.2) is 0 Å². The number of aryl methyl sites for hydroxylation is 2. The Morgan fingerprint density at radius 1 is 1.05 bits per heavy atom. The SMILES string of the molecule is CCOc1ccccc1N(C(=O)Cn1nnc(-c2ccc(C)o2)n1)C(C(=O)NC(C)(C)C)c1ccc(C)o1. The zero-order chi connectivity index (χ0) is 27.4. The average molecular weight is 521 g/mol. The number of carbonyl (C=O) groups is 2. The minimum atomic E-state index is -1.13. The molecule has 200 valence electrons. The number of nitrogens with one attached hydrogen (secondary N) is 1. The summed E-state index contributed by atoms with van der Waals surface area (Å²) in [4.78, 5) is 30.3. The summed E-state index contributed by atoms with van der Waals surface area (Å²) >= 11 is 0. The van der Waals surface area contributed by atoms with Gasteiger partial charge in [0.05, 0.1) is 12.3 Å². The molecule has 0 radical (unpaired) electrons. The quantitative estimate of drug-likeness (QED) is 0.347. The van der Waals surface area contributed by atoms with Gasteiger partial charge in [-0.2, -0.15) is 4.80 Å². The lowest BCUT2D eigenvalue weighted by atomic mass is 10.1. The number of aromatic nitrogens is 4. The van der Waals surface area contributed by atoms with Crippen molar-refractivity contribution in [2.45, 2.75) is 59.7 Å². The van der Waals surface area contributed by atoms with Crippen molar-refractivity contribution in [3.8, 4) is 17.3 Å². The van der Waals surface area contributed by atoms with Crippen LogP contribution in [0, 0.1) is 13.8 Å². The number of rotatable bonds is 9. The Morgan fingerprint density at radius 2 is 1.76 bits per heavy atom. The van der Waals surface area contributed by atoms with E-state index in [0.717, 1.165) is 4.80 Å². The second kappa shape index (κ2) is 10.9. The third kappa shape index (κ3) is 6.10. The molecule has 0 aliphatic rings. The van der Waals surface area contributed by atoms with E-state index >= 15 is 0 Å². The van der Waals surface area contributed by atoms with Crippen LogP contribution in [-0.4, -0.2) is 44.2 Å². The predicted octanol–water partition coefficient (Wildman–Crippen LogP) is 4.23. The van der Waals surface area contributed by atoms with Gasteiger partial charge in [0.1, 0.15) is 29.6 Å². The lowest BCUT2D eigenvalue weighted by Gasteiger charge is -2.33. The minimum absolute atomic E-state index is 0.246. The Bertz CT molecular complexity index is 1410. The van der Waals surface area contributed by atoms with E-state index in [1.165, 1.54) is 4.90 Å². The molecule has 11 nitrogen and oxygen atoms in total. The number of furan rings is 2. The summed E-state index contributed by atoms with van der Waals surface area (Å²) in [6.07, 6.45) is 0. The molecule has 4 rings (SSSR count). The highest BCUT2D eigenvalue weighted by atomic mass is 16.5. The number of tetrazole rings is 1. The number of para-hydroxylation sites is 2. The van der Waals surface area contributed by atoms with E-state index in [0.29, 0.717) is 41.1 Å². The van der Waals surface area contributed by atoms with Crippen LogP contribution in [0.5, 0.6) is 5.75 Å². The van der Waals surface area contributed by atoms with E-state index in [1.807, 2.05) is 34.6 Å². The minimum Gasteiger partial charge on any atom is -0.492 e. The van der Waals surface area contributed by atoms with Crippen LogP contribution in [-0.2, 0) is 16.1 Å². The monoisotopic (exact) mass is 520 g/mol. The summed E-state index contributed by atoms with van der Waals surface area (Å²) in [6.45, 7) is 11.1. The van der Waals surface area contributed by atoms with Gasteiger partial charge < -0.3 is 18.9 Å². The number of amides is 2. The highest BCUT2D eigenvalue weighted by molar-refractivity contribution is 6.02.